The Morgan fingerprint density at radius 1 is 1.14 bits per heavy atom. The summed E-state index contributed by atoms with van der Waals surface area (Å²) in [5.74, 6) is -0.00578. The molecule has 110 valence electrons. The SMILES string of the molecule is Cc1c(-c2ccccc2)c(=O)oc2ccc(C(=O)CBr)cc12. The van der Waals surface area contributed by atoms with E-state index in [1.807, 2.05) is 37.3 Å². The summed E-state index contributed by atoms with van der Waals surface area (Å²) >= 11 is 3.17. The Morgan fingerprint density at radius 2 is 1.86 bits per heavy atom. The largest absolute Gasteiger partial charge is 0.422 e. The van der Waals surface area contributed by atoms with E-state index >= 15 is 0 Å². The van der Waals surface area contributed by atoms with Gasteiger partial charge in [0.25, 0.3) is 0 Å². The number of hydrogen-bond acceptors (Lipinski definition) is 3. The van der Waals surface area contributed by atoms with Gasteiger partial charge in [-0.25, -0.2) is 4.79 Å². The van der Waals surface area contributed by atoms with Crippen LogP contribution in [-0.4, -0.2) is 11.1 Å². The first-order chi connectivity index (χ1) is 10.6. The van der Waals surface area contributed by atoms with Crippen LogP contribution in [0.4, 0.5) is 0 Å². The van der Waals surface area contributed by atoms with Gasteiger partial charge in [0.15, 0.2) is 5.78 Å². The topological polar surface area (TPSA) is 47.3 Å². The molecule has 0 aliphatic rings. The minimum atomic E-state index is -0.365. The molecule has 0 aliphatic heterocycles. The maximum absolute atomic E-state index is 12.3. The number of carbonyl (C=O) groups is 1. The van der Waals surface area contributed by atoms with Crippen molar-refractivity contribution in [2.24, 2.45) is 0 Å². The first-order valence-corrected chi connectivity index (χ1v) is 7.96. The number of aryl methyl sites for hydroxylation is 1. The number of benzene rings is 2. The Morgan fingerprint density at radius 3 is 2.55 bits per heavy atom. The molecule has 0 fully saturated rings. The van der Waals surface area contributed by atoms with Crippen molar-refractivity contribution in [3.05, 3.63) is 70.1 Å². The van der Waals surface area contributed by atoms with E-state index in [9.17, 15) is 9.59 Å². The van der Waals surface area contributed by atoms with Gasteiger partial charge in [0.05, 0.1) is 10.9 Å². The van der Waals surface area contributed by atoms with Crippen molar-refractivity contribution < 1.29 is 9.21 Å². The van der Waals surface area contributed by atoms with Crippen LogP contribution in [0.5, 0.6) is 0 Å². The maximum atomic E-state index is 12.3. The number of rotatable bonds is 3. The minimum absolute atomic E-state index is 0.00578. The summed E-state index contributed by atoms with van der Waals surface area (Å²) in [7, 11) is 0. The molecule has 0 saturated carbocycles. The molecular formula is C18H13BrO3. The number of fused-ring (bicyclic) bond motifs is 1. The Hall–Kier alpha value is -2.20. The molecule has 2 aromatic carbocycles. The number of hydrogen-bond donors (Lipinski definition) is 0. The quantitative estimate of drug-likeness (QED) is 0.398. The molecule has 0 radical (unpaired) electrons. The van der Waals surface area contributed by atoms with Gasteiger partial charge < -0.3 is 4.42 Å². The molecule has 1 heterocycles. The van der Waals surface area contributed by atoms with Crippen molar-refractivity contribution in [1.29, 1.82) is 0 Å². The second kappa shape index (κ2) is 5.89. The fourth-order valence-corrected chi connectivity index (χ4v) is 2.86. The lowest BCUT2D eigenvalue weighted by molar-refractivity contribution is 0.102. The summed E-state index contributed by atoms with van der Waals surface area (Å²) in [6.45, 7) is 1.88. The van der Waals surface area contributed by atoms with Gasteiger partial charge in [0, 0.05) is 10.9 Å². The van der Waals surface area contributed by atoms with E-state index in [1.54, 1.807) is 18.2 Å². The summed E-state index contributed by atoms with van der Waals surface area (Å²) < 4.78 is 5.42. The molecule has 0 amide bonds. The van der Waals surface area contributed by atoms with Gasteiger partial charge in [-0.05, 0) is 36.2 Å². The molecule has 0 saturated heterocycles. The predicted octanol–water partition coefficient (Wildman–Crippen LogP) is 4.35. The fraction of sp³-hybridized carbons (Fsp3) is 0.111. The van der Waals surface area contributed by atoms with E-state index in [1.165, 1.54) is 0 Å². The highest BCUT2D eigenvalue weighted by Gasteiger charge is 2.14. The number of carbonyl (C=O) groups excluding carboxylic acids is 1. The third-order valence-electron chi connectivity index (χ3n) is 3.67. The van der Waals surface area contributed by atoms with Gasteiger partial charge >= 0.3 is 5.63 Å². The molecule has 0 atom stereocenters. The van der Waals surface area contributed by atoms with E-state index in [0.717, 1.165) is 16.5 Å². The summed E-state index contributed by atoms with van der Waals surface area (Å²) in [4.78, 5) is 24.1. The fourth-order valence-electron chi connectivity index (χ4n) is 2.54. The lowest BCUT2D eigenvalue weighted by Gasteiger charge is -2.09. The molecule has 0 N–H and O–H groups in total. The molecule has 0 spiro atoms. The van der Waals surface area contributed by atoms with Gasteiger partial charge in [-0.15, -0.1) is 0 Å². The van der Waals surface area contributed by atoms with Crippen LogP contribution in [0.25, 0.3) is 22.1 Å². The summed E-state index contributed by atoms with van der Waals surface area (Å²) in [6, 6.07) is 14.5. The second-order valence-electron chi connectivity index (χ2n) is 5.02. The van der Waals surface area contributed by atoms with Crippen molar-refractivity contribution in [2.45, 2.75) is 6.92 Å². The third-order valence-corrected chi connectivity index (χ3v) is 4.18. The van der Waals surface area contributed by atoms with Crippen LogP contribution in [0.1, 0.15) is 15.9 Å². The molecule has 3 aromatic rings. The summed E-state index contributed by atoms with van der Waals surface area (Å²) in [5, 5.41) is 1.05. The molecular weight excluding hydrogens is 344 g/mol. The van der Waals surface area contributed by atoms with Crippen LogP contribution >= 0.6 is 15.9 Å². The number of halogens is 1. The number of ketones is 1. The van der Waals surface area contributed by atoms with Gasteiger partial charge in [-0.3, -0.25) is 4.79 Å². The number of Topliss-reactive ketones (excluding diaryl/α,β-unsaturated/α-hetero) is 1. The zero-order valence-corrected chi connectivity index (χ0v) is 13.5. The molecule has 3 nitrogen and oxygen atoms in total. The summed E-state index contributed by atoms with van der Waals surface area (Å²) in [5.41, 5.74) is 2.90. The zero-order valence-electron chi connectivity index (χ0n) is 11.9. The standard InChI is InChI=1S/C18H13BrO3/c1-11-14-9-13(15(20)10-19)7-8-16(14)22-18(21)17(11)12-5-3-2-4-6-12/h2-9H,10H2,1H3. The summed E-state index contributed by atoms with van der Waals surface area (Å²) in [6.07, 6.45) is 0. The van der Waals surface area contributed by atoms with Crippen molar-refractivity contribution in [1.82, 2.24) is 0 Å². The van der Waals surface area contributed by atoms with E-state index in [2.05, 4.69) is 15.9 Å². The average Bonchev–Trinajstić information content (AvgIpc) is 2.55. The molecule has 1 aromatic heterocycles. The van der Waals surface area contributed by atoms with Crippen molar-refractivity contribution in [2.75, 3.05) is 5.33 Å². The highest BCUT2D eigenvalue weighted by Crippen LogP contribution is 2.27. The molecule has 0 bridgehead atoms. The smallest absolute Gasteiger partial charge is 0.344 e. The van der Waals surface area contributed by atoms with Gasteiger partial charge in [0.1, 0.15) is 5.58 Å². The molecule has 0 aliphatic carbocycles. The van der Waals surface area contributed by atoms with Crippen LogP contribution in [-0.2, 0) is 0 Å². The molecule has 22 heavy (non-hydrogen) atoms. The van der Waals surface area contributed by atoms with Crippen molar-refractivity contribution in [3.63, 3.8) is 0 Å². The van der Waals surface area contributed by atoms with Gasteiger partial charge in [-0.1, -0.05) is 46.3 Å². The lowest BCUT2D eigenvalue weighted by Crippen LogP contribution is -2.07. The monoisotopic (exact) mass is 356 g/mol. The van der Waals surface area contributed by atoms with E-state index in [4.69, 9.17) is 4.42 Å². The Labute approximate surface area is 135 Å². The Kier molecular flexibility index (Phi) is 3.94. The average molecular weight is 357 g/mol. The van der Waals surface area contributed by atoms with Crippen LogP contribution in [0.3, 0.4) is 0 Å². The van der Waals surface area contributed by atoms with Crippen molar-refractivity contribution >= 4 is 32.7 Å². The normalized spacial score (nSPS) is 10.8. The Balaban J connectivity index is 2.31. The van der Waals surface area contributed by atoms with Crippen LogP contribution in [0.15, 0.2) is 57.7 Å². The van der Waals surface area contributed by atoms with E-state index in [0.29, 0.717) is 16.7 Å². The number of alkyl halides is 1. The lowest BCUT2D eigenvalue weighted by atomic mass is 9.98. The zero-order chi connectivity index (χ0) is 15.7. The first kappa shape index (κ1) is 14.7. The highest BCUT2D eigenvalue weighted by molar-refractivity contribution is 9.09. The molecule has 0 unspecified atom stereocenters. The Bertz CT molecular complexity index is 911. The second-order valence-corrected chi connectivity index (χ2v) is 5.58. The minimum Gasteiger partial charge on any atom is -0.422 e. The van der Waals surface area contributed by atoms with E-state index < -0.39 is 0 Å². The molecule has 4 heteroatoms. The van der Waals surface area contributed by atoms with E-state index in [-0.39, 0.29) is 16.7 Å². The maximum Gasteiger partial charge on any atom is 0.344 e. The van der Waals surface area contributed by atoms with Crippen LogP contribution in [0.2, 0.25) is 0 Å². The van der Waals surface area contributed by atoms with Crippen LogP contribution < -0.4 is 5.63 Å². The predicted molar refractivity (Wildman–Crippen MR) is 90.8 cm³/mol. The first-order valence-electron chi connectivity index (χ1n) is 6.84. The highest BCUT2D eigenvalue weighted by atomic mass is 79.9. The van der Waals surface area contributed by atoms with Gasteiger partial charge in [-0.2, -0.15) is 0 Å². The van der Waals surface area contributed by atoms with Crippen molar-refractivity contribution in [3.8, 4) is 11.1 Å². The third kappa shape index (κ3) is 2.50. The van der Waals surface area contributed by atoms with Gasteiger partial charge in [0.2, 0.25) is 0 Å². The van der Waals surface area contributed by atoms with Crippen LogP contribution in [0, 0.1) is 6.92 Å². The molecule has 3 rings (SSSR count).